The zero-order chi connectivity index (χ0) is 19.1. The van der Waals surface area contributed by atoms with Gasteiger partial charge in [0, 0.05) is 24.0 Å². The molecule has 0 bridgehead atoms. The SMILES string of the molecule is CC(C)Cc1cscn1.CC(C)c1cncnc1.CON=CC(C)C. The summed E-state index contributed by atoms with van der Waals surface area (Å²) in [5, 5.41) is 5.66. The Morgan fingerprint density at radius 2 is 1.76 bits per heavy atom. The van der Waals surface area contributed by atoms with Crippen LogP contribution in [0.25, 0.3) is 0 Å². The van der Waals surface area contributed by atoms with Gasteiger partial charge in [-0.1, -0.05) is 46.7 Å². The summed E-state index contributed by atoms with van der Waals surface area (Å²) < 4.78 is 0. The molecule has 2 aromatic rings. The van der Waals surface area contributed by atoms with Gasteiger partial charge in [-0.05, 0) is 29.7 Å². The van der Waals surface area contributed by atoms with Gasteiger partial charge in [0.05, 0.1) is 11.2 Å². The van der Waals surface area contributed by atoms with Gasteiger partial charge in [0.25, 0.3) is 0 Å². The van der Waals surface area contributed by atoms with Crippen LogP contribution in [0.3, 0.4) is 0 Å². The minimum Gasteiger partial charge on any atom is -0.399 e. The molecule has 5 nitrogen and oxygen atoms in total. The van der Waals surface area contributed by atoms with Gasteiger partial charge in [0.15, 0.2) is 0 Å². The molecule has 0 aliphatic rings. The normalized spacial score (nSPS) is 10.5. The highest BCUT2D eigenvalue weighted by Gasteiger charge is 1.97. The van der Waals surface area contributed by atoms with Gasteiger partial charge >= 0.3 is 0 Å². The summed E-state index contributed by atoms with van der Waals surface area (Å²) in [6.07, 6.45) is 8.10. The van der Waals surface area contributed by atoms with Crippen molar-refractivity contribution in [3.05, 3.63) is 40.9 Å². The summed E-state index contributed by atoms with van der Waals surface area (Å²) in [5.74, 6) is 1.75. The lowest BCUT2D eigenvalue weighted by Crippen LogP contribution is -1.92. The zero-order valence-corrected chi connectivity index (χ0v) is 17.3. The number of hydrogen-bond acceptors (Lipinski definition) is 6. The smallest absolute Gasteiger partial charge is 0.115 e. The van der Waals surface area contributed by atoms with Crippen molar-refractivity contribution in [2.24, 2.45) is 17.0 Å². The van der Waals surface area contributed by atoms with Crippen molar-refractivity contribution in [2.75, 3.05) is 7.11 Å². The first-order chi connectivity index (χ1) is 11.9. The molecule has 2 aromatic heterocycles. The van der Waals surface area contributed by atoms with Gasteiger partial charge in [-0.2, -0.15) is 0 Å². The molecule has 25 heavy (non-hydrogen) atoms. The maximum atomic E-state index is 4.42. The fourth-order valence-corrected chi connectivity index (χ4v) is 2.12. The predicted molar refractivity (Wildman–Crippen MR) is 107 cm³/mol. The van der Waals surface area contributed by atoms with E-state index in [1.165, 1.54) is 11.3 Å². The molecule has 6 heteroatoms. The van der Waals surface area contributed by atoms with Gasteiger partial charge < -0.3 is 4.84 Å². The quantitative estimate of drug-likeness (QED) is 0.539. The summed E-state index contributed by atoms with van der Waals surface area (Å²) in [6, 6.07) is 0. The van der Waals surface area contributed by atoms with Crippen LogP contribution in [0.4, 0.5) is 0 Å². The van der Waals surface area contributed by atoms with Crippen molar-refractivity contribution in [3.63, 3.8) is 0 Å². The van der Waals surface area contributed by atoms with E-state index in [1.807, 2.05) is 31.8 Å². The van der Waals surface area contributed by atoms with Crippen molar-refractivity contribution < 1.29 is 4.84 Å². The summed E-state index contributed by atoms with van der Waals surface area (Å²) >= 11 is 1.67. The Morgan fingerprint density at radius 1 is 1.12 bits per heavy atom. The second kappa shape index (κ2) is 14.5. The summed E-state index contributed by atoms with van der Waals surface area (Å²) in [7, 11) is 1.54. The molecule has 0 atom stereocenters. The Labute approximate surface area is 156 Å². The molecule has 2 rings (SSSR count). The minimum absolute atomic E-state index is 0.486. The number of aromatic nitrogens is 3. The fourth-order valence-electron chi connectivity index (χ4n) is 1.55. The molecule has 0 saturated carbocycles. The molecule has 0 aliphatic carbocycles. The van der Waals surface area contributed by atoms with E-state index in [2.05, 4.69) is 58.0 Å². The van der Waals surface area contributed by atoms with E-state index in [4.69, 9.17) is 0 Å². The number of thiazole rings is 1. The number of oxime groups is 1. The highest BCUT2D eigenvalue weighted by molar-refractivity contribution is 7.07. The summed E-state index contributed by atoms with van der Waals surface area (Å²) in [6.45, 7) is 12.8. The lowest BCUT2D eigenvalue weighted by Gasteiger charge is -1.99. The van der Waals surface area contributed by atoms with E-state index < -0.39 is 0 Å². The molecule has 2 heterocycles. The Hall–Kier alpha value is -1.82. The molecular weight excluding hydrogens is 332 g/mol. The van der Waals surface area contributed by atoms with E-state index >= 15 is 0 Å². The molecule has 0 N–H and O–H groups in total. The molecule has 0 spiro atoms. The molecule has 0 saturated heterocycles. The van der Waals surface area contributed by atoms with Crippen LogP contribution in [-0.4, -0.2) is 28.3 Å². The Morgan fingerprint density at radius 3 is 2.08 bits per heavy atom. The highest BCUT2D eigenvalue weighted by Crippen LogP contribution is 2.09. The molecule has 0 amide bonds. The van der Waals surface area contributed by atoms with E-state index in [9.17, 15) is 0 Å². The largest absolute Gasteiger partial charge is 0.399 e. The van der Waals surface area contributed by atoms with Crippen LogP contribution in [0.2, 0.25) is 0 Å². The molecule has 0 radical (unpaired) electrons. The second-order valence-corrected chi connectivity index (χ2v) is 7.30. The lowest BCUT2D eigenvalue weighted by molar-refractivity contribution is 0.213. The van der Waals surface area contributed by atoms with Crippen molar-refractivity contribution in [1.82, 2.24) is 15.0 Å². The van der Waals surface area contributed by atoms with Crippen molar-refractivity contribution >= 4 is 17.6 Å². The van der Waals surface area contributed by atoms with Gasteiger partial charge in [-0.3, -0.25) is 0 Å². The molecule has 0 aliphatic heterocycles. The minimum atomic E-state index is 0.486. The van der Waals surface area contributed by atoms with Crippen LogP contribution in [0.15, 0.2) is 34.8 Å². The average molecular weight is 365 g/mol. The van der Waals surface area contributed by atoms with Crippen molar-refractivity contribution in [1.29, 1.82) is 0 Å². The predicted octanol–water partition coefficient (Wildman–Crippen LogP) is 5.22. The van der Waals surface area contributed by atoms with Crippen LogP contribution in [0.5, 0.6) is 0 Å². The first kappa shape index (κ1) is 23.2. The summed E-state index contributed by atoms with van der Waals surface area (Å²) in [5.41, 5.74) is 4.31. The fraction of sp³-hybridized carbons (Fsp3) is 0.579. The van der Waals surface area contributed by atoms with Gasteiger partial charge in [0.2, 0.25) is 0 Å². The molecule has 0 aromatic carbocycles. The van der Waals surface area contributed by atoms with Crippen LogP contribution in [-0.2, 0) is 11.3 Å². The van der Waals surface area contributed by atoms with Gasteiger partial charge in [-0.15, -0.1) is 11.3 Å². The maximum Gasteiger partial charge on any atom is 0.115 e. The number of rotatable bonds is 5. The van der Waals surface area contributed by atoms with Crippen molar-refractivity contribution in [3.8, 4) is 0 Å². The Bertz CT molecular complexity index is 540. The molecule has 140 valence electrons. The third kappa shape index (κ3) is 14.2. The van der Waals surface area contributed by atoms with Gasteiger partial charge in [0.1, 0.15) is 13.4 Å². The standard InChI is InChI=1S/C7H10N2.C7H11NS.C5H11NO/c1-6(2)7-3-8-5-9-4-7;1-6(2)3-7-4-9-5-8-7;1-5(2)4-6-7-3/h3-6H,1-2H3;4-6H,3H2,1-2H3;4-5H,1-3H3. The lowest BCUT2D eigenvalue weighted by atomic mass is 10.1. The second-order valence-electron chi connectivity index (χ2n) is 6.59. The first-order valence-corrected chi connectivity index (χ1v) is 9.49. The zero-order valence-electron chi connectivity index (χ0n) is 16.5. The monoisotopic (exact) mass is 364 g/mol. The maximum absolute atomic E-state index is 4.42. The Balaban J connectivity index is 0.000000350. The Kier molecular flexibility index (Phi) is 13.5. The third-order valence-corrected chi connectivity index (χ3v) is 3.45. The molecular formula is C19H32N4OS. The van der Waals surface area contributed by atoms with E-state index in [0.29, 0.717) is 11.8 Å². The third-order valence-electron chi connectivity index (χ3n) is 2.81. The van der Waals surface area contributed by atoms with E-state index in [1.54, 1.807) is 31.0 Å². The summed E-state index contributed by atoms with van der Waals surface area (Å²) in [4.78, 5) is 16.4. The van der Waals surface area contributed by atoms with E-state index in [-0.39, 0.29) is 0 Å². The average Bonchev–Trinajstić information content (AvgIpc) is 3.07. The van der Waals surface area contributed by atoms with Crippen LogP contribution in [0.1, 0.15) is 58.7 Å². The van der Waals surface area contributed by atoms with Crippen molar-refractivity contribution in [2.45, 2.75) is 53.9 Å². The number of nitrogens with zero attached hydrogens (tertiary/aromatic N) is 4. The van der Waals surface area contributed by atoms with Crippen LogP contribution in [0, 0.1) is 11.8 Å². The number of hydrogen-bond donors (Lipinski definition) is 0. The van der Waals surface area contributed by atoms with E-state index in [0.717, 1.165) is 12.3 Å². The van der Waals surface area contributed by atoms with Gasteiger partial charge in [-0.25, -0.2) is 15.0 Å². The van der Waals surface area contributed by atoms with Crippen LogP contribution < -0.4 is 0 Å². The first-order valence-electron chi connectivity index (χ1n) is 8.55. The highest BCUT2D eigenvalue weighted by atomic mass is 32.1. The molecule has 0 unspecified atom stereocenters. The van der Waals surface area contributed by atoms with Crippen LogP contribution >= 0.6 is 11.3 Å². The topological polar surface area (TPSA) is 60.3 Å². The molecule has 0 fully saturated rings.